The van der Waals surface area contributed by atoms with Gasteiger partial charge in [-0.1, -0.05) is 43.3 Å². The largest absolute Gasteiger partial charge is 0.396 e. The van der Waals surface area contributed by atoms with Crippen LogP contribution in [0.15, 0.2) is 71.9 Å². The molecular formula is C30H34FN3O. The number of aliphatic imine (C=N–C) groups is 1. The molecule has 0 saturated heterocycles. The summed E-state index contributed by atoms with van der Waals surface area (Å²) in [6.07, 6.45) is 13.5. The van der Waals surface area contributed by atoms with Crippen LogP contribution < -0.4 is 0 Å². The number of halogens is 1. The van der Waals surface area contributed by atoms with Gasteiger partial charge in [-0.3, -0.25) is 4.99 Å². The first-order valence-electron chi connectivity index (χ1n) is 12.5. The molecule has 3 aromatic rings. The molecule has 0 saturated carbocycles. The third-order valence-electron chi connectivity index (χ3n) is 6.51. The van der Waals surface area contributed by atoms with Crippen molar-refractivity contribution in [3.63, 3.8) is 0 Å². The molecule has 2 aromatic carbocycles. The maximum absolute atomic E-state index is 13.4. The van der Waals surface area contributed by atoms with Gasteiger partial charge in [-0.2, -0.15) is 5.10 Å². The molecule has 1 heterocycles. The Hall–Kier alpha value is -3.31. The summed E-state index contributed by atoms with van der Waals surface area (Å²) in [5, 5.41) is 13.8. The minimum atomic E-state index is -0.257. The van der Waals surface area contributed by atoms with Crippen molar-refractivity contribution in [3.05, 3.63) is 95.1 Å². The van der Waals surface area contributed by atoms with E-state index in [4.69, 9.17) is 4.99 Å². The van der Waals surface area contributed by atoms with Crippen molar-refractivity contribution in [1.82, 2.24) is 9.78 Å². The summed E-state index contributed by atoms with van der Waals surface area (Å²) >= 11 is 0. The molecule has 1 atom stereocenters. The van der Waals surface area contributed by atoms with E-state index in [9.17, 15) is 9.50 Å². The number of aliphatic hydroxyl groups excluding tert-OH is 1. The van der Waals surface area contributed by atoms with Crippen molar-refractivity contribution in [2.24, 2.45) is 10.9 Å². The highest BCUT2D eigenvalue weighted by Gasteiger charge is 2.17. The van der Waals surface area contributed by atoms with Crippen LogP contribution in [-0.4, -0.2) is 27.2 Å². The third-order valence-corrected chi connectivity index (χ3v) is 6.51. The summed E-state index contributed by atoms with van der Waals surface area (Å²) < 4.78 is 15.3. The van der Waals surface area contributed by atoms with Gasteiger partial charge in [0.05, 0.1) is 24.1 Å². The molecule has 0 amide bonds. The fourth-order valence-corrected chi connectivity index (χ4v) is 4.34. The number of hydrogen-bond donors (Lipinski definition) is 1. The average molecular weight is 472 g/mol. The Kier molecular flexibility index (Phi) is 8.43. The predicted octanol–water partition coefficient (Wildman–Crippen LogP) is 6.81. The summed E-state index contributed by atoms with van der Waals surface area (Å²) in [7, 11) is 0. The minimum absolute atomic E-state index is 0.257. The van der Waals surface area contributed by atoms with Gasteiger partial charge in [0, 0.05) is 23.5 Å². The van der Waals surface area contributed by atoms with Crippen molar-refractivity contribution >= 4 is 17.4 Å². The maximum Gasteiger partial charge on any atom is 0.123 e. The summed E-state index contributed by atoms with van der Waals surface area (Å²) in [6.45, 7) is 5.04. The number of aryl methyl sites for hydroxylation is 1. The van der Waals surface area contributed by atoms with Gasteiger partial charge >= 0.3 is 0 Å². The summed E-state index contributed by atoms with van der Waals surface area (Å²) in [5.74, 6) is 0.111. The van der Waals surface area contributed by atoms with E-state index in [2.05, 4.69) is 61.4 Å². The third kappa shape index (κ3) is 6.43. The van der Waals surface area contributed by atoms with E-state index in [1.165, 1.54) is 23.3 Å². The second-order valence-electron chi connectivity index (χ2n) is 9.33. The number of nitrogens with zero attached hydrogens (tertiary/aromatic N) is 3. The van der Waals surface area contributed by atoms with Crippen LogP contribution in [0.4, 0.5) is 4.39 Å². The lowest BCUT2D eigenvalue weighted by Crippen LogP contribution is -2.04. The van der Waals surface area contributed by atoms with Gasteiger partial charge in [0.1, 0.15) is 5.82 Å². The van der Waals surface area contributed by atoms with Crippen LogP contribution in [0, 0.1) is 11.7 Å². The standard InChI is InChI=1S/C30H34FN3O/c1-22(21-35)7-6-8-24-11-13-25(14-12-24)19-32-23(2)28-9-4-3-5-10-30-29(28)20-33-34(30)27-17-15-26(31)16-18-27/h5,9-18,20,22,35H,3-4,6-8,19,21H2,1-2H3/b10-5?,28-9-,32-23?. The number of hydrogen-bond acceptors (Lipinski definition) is 3. The molecule has 0 aliphatic heterocycles. The number of benzene rings is 2. The molecule has 0 spiro atoms. The Bertz CT molecular complexity index is 1200. The van der Waals surface area contributed by atoms with Gasteiger partial charge in [0.2, 0.25) is 0 Å². The van der Waals surface area contributed by atoms with Crippen LogP contribution in [0.3, 0.4) is 0 Å². The fraction of sp³-hybridized carbons (Fsp3) is 0.333. The molecule has 1 N–H and O–H groups in total. The highest BCUT2D eigenvalue weighted by Crippen LogP contribution is 2.28. The first-order valence-corrected chi connectivity index (χ1v) is 12.5. The molecule has 5 heteroatoms. The molecule has 1 unspecified atom stereocenters. The number of rotatable bonds is 9. The maximum atomic E-state index is 13.4. The Morgan fingerprint density at radius 2 is 1.83 bits per heavy atom. The molecule has 4 rings (SSSR count). The van der Waals surface area contributed by atoms with Crippen molar-refractivity contribution in [1.29, 1.82) is 0 Å². The van der Waals surface area contributed by atoms with Crippen molar-refractivity contribution in [3.8, 4) is 5.69 Å². The summed E-state index contributed by atoms with van der Waals surface area (Å²) in [6, 6.07) is 15.1. The minimum Gasteiger partial charge on any atom is -0.396 e. The fourth-order valence-electron chi connectivity index (χ4n) is 4.34. The average Bonchev–Trinajstić information content (AvgIpc) is 3.26. The molecule has 0 radical (unpaired) electrons. The molecule has 1 aliphatic carbocycles. The lowest BCUT2D eigenvalue weighted by molar-refractivity contribution is 0.228. The van der Waals surface area contributed by atoms with Crippen LogP contribution in [-0.2, 0) is 13.0 Å². The molecule has 35 heavy (non-hydrogen) atoms. The second kappa shape index (κ2) is 11.9. The number of allylic oxidation sites excluding steroid dienone is 3. The highest BCUT2D eigenvalue weighted by atomic mass is 19.1. The Morgan fingerprint density at radius 3 is 2.57 bits per heavy atom. The zero-order valence-electron chi connectivity index (χ0n) is 20.6. The molecule has 1 aromatic heterocycles. The topological polar surface area (TPSA) is 50.4 Å². The van der Waals surface area contributed by atoms with Crippen LogP contribution in [0.1, 0.15) is 61.9 Å². The second-order valence-corrected chi connectivity index (χ2v) is 9.33. The quantitative estimate of drug-likeness (QED) is 0.348. The zero-order valence-corrected chi connectivity index (χ0v) is 20.6. The van der Waals surface area contributed by atoms with E-state index in [1.807, 2.05) is 10.9 Å². The van der Waals surface area contributed by atoms with Crippen molar-refractivity contribution in [2.45, 2.75) is 52.5 Å². The normalized spacial score (nSPS) is 16.2. The van der Waals surface area contributed by atoms with Gasteiger partial charge in [0.15, 0.2) is 0 Å². The summed E-state index contributed by atoms with van der Waals surface area (Å²) in [4.78, 5) is 4.92. The van der Waals surface area contributed by atoms with E-state index in [0.717, 1.165) is 60.3 Å². The first kappa shape index (κ1) is 24.8. The van der Waals surface area contributed by atoms with Gasteiger partial charge in [-0.25, -0.2) is 9.07 Å². The van der Waals surface area contributed by atoms with Crippen molar-refractivity contribution in [2.75, 3.05) is 6.61 Å². The molecule has 182 valence electrons. The monoisotopic (exact) mass is 471 g/mol. The lowest BCUT2D eigenvalue weighted by Gasteiger charge is -2.12. The van der Waals surface area contributed by atoms with E-state index in [0.29, 0.717) is 12.5 Å². The van der Waals surface area contributed by atoms with Crippen molar-refractivity contribution < 1.29 is 9.50 Å². The van der Waals surface area contributed by atoms with Crippen LogP contribution in [0.5, 0.6) is 0 Å². The molecule has 0 fully saturated rings. The van der Waals surface area contributed by atoms with Crippen LogP contribution in [0.25, 0.3) is 17.3 Å². The predicted molar refractivity (Wildman–Crippen MR) is 142 cm³/mol. The Labute approximate surface area is 207 Å². The van der Waals surface area contributed by atoms with E-state index < -0.39 is 0 Å². The number of fused-ring (bicyclic) bond motifs is 1. The van der Waals surface area contributed by atoms with Gasteiger partial charge in [-0.15, -0.1) is 0 Å². The number of aromatic nitrogens is 2. The lowest BCUT2D eigenvalue weighted by atomic mass is 9.98. The van der Waals surface area contributed by atoms with Gasteiger partial charge in [0.25, 0.3) is 0 Å². The highest BCUT2D eigenvalue weighted by molar-refractivity contribution is 6.23. The molecule has 0 bridgehead atoms. The first-order chi connectivity index (χ1) is 17.0. The van der Waals surface area contributed by atoms with E-state index in [-0.39, 0.29) is 12.4 Å². The SMILES string of the molecule is CC(=NCc1ccc(CCCC(C)CO)cc1)/C1=C/CCC=Cc2c1cnn2-c1ccc(F)cc1. The van der Waals surface area contributed by atoms with E-state index >= 15 is 0 Å². The van der Waals surface area contributed by atoms with E-state index in [1.54, 1.807) is 12.1 Å². The van der Waals surface area contributed by atoms with Gasteiger partial charge in [-0.05, 0) is 86.4 Å². The zero-order chi connectivity index (χ0) is 24.6. The molecule has 4 nitrogen and oxygen atoms in total. The smallest absolute Gasteiger partial charge is 0.123 e. The van der Waals surface area contributed by atoms with Gasteiger partial charge < -0.3 is 5.11 Å². The van der Waals surface area contributed by atoms with Crippen LogP contribution in [0.2, 0.25) is 0 Å². The summed E-state index contributed by atoms with van der Waals surface area (Å²) in [5.41, 5.74) is 7.46. The molecule has 1 aliphatic rings. The number of aliphatic hydroxyl groups is 1. The Morgan fingerprint density at radius 1 is 1.09 bits per heavy atom. The molecular weight excluding hydrogens is 437 g/mol. The Balaban J connectivity index is 1.48. The van der Waals surface area contributed by atoms with Crippen LogP contribution >= 0.6 is 0 Å².